The molecule has 16 heteroatoms. The highest BCUT2D eigenvalue weighted by molar-refractivity contribution is 7.89. The maximum absolute atomic E-state index is 14.1. The van der Waals surface area contributed by atoms with Crippen LogP contribution in [0.4, 0.5) is 10.3 Å². The minimum atomic E-state index is -3.65. The number of piperazine rings is 2. The van der Waals surface area contributed by atoms with Crippen LogP contribution in [-0.4, -0.2) is 87.8 Å². The fourth-order valence-electron chi connectivity index (χ4n) is 9.51. The highest BCUT2D eigenvalue weighted by atomic mass is 35.5. The average Bonchev–Trinajstić information content (AvgIpc) is 4.07. The van der Waals surface area contributed by atoms with Gasteiger partial charge in [0.15, 0.2) is 10.3 Å². The van der Waals surface area contributed by atoms with Crippen molar-refractivity contribution in [2.45, 2.75) is 142 Å². The lowest BCUT2D eigenvalue weighted by atomic mass is 9.89. The molecule has 0 N–H and O–H groups in total. The van der Waals surface area contributed by atoms with Crippen LogP contribution in [0.25, 0.3) is 22.5 Å². The van der Waals surface area contributed by atoms with E-state index in [0.29, 0.717) is 84.0 Å². The molecule has 2 aromatic heterocycles. The summed E-state index contributed by atoms with van der Waals surface area (Å²) in [5.74, 6) is 1.15. The molecule has 0 amide bonds. The van der Waals surface area contributed by atoms with Crippen molar-refractivity contribution in [3.63, 3.8) is 0 Å². The predicted molar refractivity (Wildman–Crippen MR) is 314 cm³/mol. The van der Waals surface area contributed by atoms with Gasteiger partial charge in [0.1, 0.15) is 0 Å². The Bertz CT molecular complexity index is 2900. The molecule has 10 nitrogen and oxygen atoms in total. The number of rotatable bonds is 14. The topological polar surface area (TPSA) is 107 Å². The number of aromatic nitrogens is 2. The van der Waals surface area contributed by atoms with Crippen molar-refractivity contribution >= 4 is 76.2 Å². The zero-order valence-corrected chi connectivity index (χ0v) is 50.5. The minimum Gasteiger partial charge on any atom is -0.345 e. The highest BCUT2D eigenvalue weighted by Crippen LogP contribution is 2.40. The molecule has 2 aliphatic heterocycles. The van der Waals surface area contributed by atoms with Gasteiger partial charge in [0, 0.05) is 74.2 Å². The van der Waals surface area contributed by atoms with Crippen LogP contribution in [-0.2, 0) is 20.0 Å². The van der Waals surface area contributed by atoms with Crippen LogP contribution >= 0.6 is 45.9 Å². The molecule has 0 radical (unpaired) electrons. The maximum Gasteiger partial charge on any atom is 0.243 e. The summed E-state index contributed by atoms with van der Waals surface area (Å²) in [5, 5.41) is 6.94. The standard InChI is InChI=1S/C30H41N3O2S2.C28H35Cl2N3O2S2/c1-19(2)25-16-26(20(3)4)29(27(17-25)21(5)6)37(34,35)33-13-11-32(12-14-33)30-31-28(18-36-30)24-10-9-22(7)23(8)15-24;1-17(2)21-13-22(18(3)4)27(23(14-21)19(5)6)37(34,35)33-11-9-32(10-12-33)28-31-26(16-36-28)20-7-8-24(29)25(30)15-20/h9-10,15-21H,11-14H2,1-8H3;7-8,13-19H,9-12H2,1-6H3. The van der Waals surface area contributed by atoms with Gasteiger partial charge in [-0.1, -0.05) is 149 Å². The first-order chi connectivity index (χ1) is 34.8. The van der Waals surface area contributed by atoms with Gasteiger partial charge in [-0.15, -0.1) is 22.7 Å². The van der Waals surface area contributed by atoms with Gasteiger partial charge < -0.3 is 9.80 Å². The third-order valence-electron chi connectivity index (χ3n) is 14.4. The Morgan fingerprint density at radius 1 is 0.446 bits per heavy atom. The van der Waals surface area contributed by atoms with Crippen LogP contribution in [0.2, 0.25) is 10.0 Å². The SMILES string of the molecule is CC(C)c1cc(C(C)C)c(S(=O)(=O)N2CCN(c3nc(-c4ccc(Cl)c(Cl)c4)cs3)CC2)c(C(C)C)c1.Cc1ccc(-c2csc(N3CCN(S(=O)(=O)c4c(C(C)C)cc(C(C)C)cc4C(C)C)CC3)n2)cc1C. The molecule has 6 aromatic rings. The zero-order valence-electron chi connectivity index (χ0n) is 45.8. The van der Waals surface area contributed by atoms with Crippen molar-refractivity contribution in [1.82, 2.24) is 18.6 Å². The molecule has 8 rings (SSSR count). The van der Waals surface area contributed by atoms with E-state index >= 15 is 0 Å². The van der Waals surface area contributed by atoms with E-state index in [1.807, 2.05) is 17.5 Å². The highest BCUT2D eigenvalue weighted by Gasteiger charge is 2.36. The fraction of sp³-hybridized carbons (Fsp3) is 0.483. The van der Waals surface area contributed by atoms with Gasteiger partial charge in [0.25, 0.3) is 0 Å². The normalized spacial score (nSPS) is 15.4. The number of thiazole rings is 2. The molecule has 4 aromatic carbocycles. The van der Waals surface area contributed by atoms with E-state index in [0.717, 1.165) is 55.0 Å². The van der Waals surface area contributed by atoms with Crippen molar-refractivity contribution in [2.75, 3.05) is 62.2 Å². The van der Waals surface area contributed by atoms with E-state index in [1.54, 1.807) is 37.4 Å². The van der Waals surface area contributed by atoms with Gasteiger partial charge in [-0.25, -0.2) is 26.8 Å². The second kappa shape index (κ2) is 23.8. The lowest BCUT2D eigenvalue weighted by Crippen LogP contribution is -2.49. The summed E-state index contributed by atoms with van der Waals surface area (Å²) in [6.07, 6.45) is 0. The molecule has 0 unspecified atom stereocenters. The van der Waals surface area contributed by atoms with E-state index in [1.165, 1.54) is 22.3 Å². The smallest absolute Gasteiger partial charge is 0.243 e. The first-order valence-corrected chi connectivity index (χ1v) is 31.5. The van der Waals surface area contributed by atoms with Crippen LogP contribution < -0.4 is 9.80 Å². The van der Waals surface area contributed by atoms with Gasteiger partial charge in [0.05, 0.1) is 31.2 Å². The van der Waals surface area contributed by atoms with Crippen molar-refractivity contribution in [1.29, 1.82) is 0 Å². The lowest BCUT2D eigenvalue weighted by molar-refractivity contribution is 0.383. The Hall–Kier alpha value is -3.86. The van der Waals surface area contributed by atoms with Crippen LogP contribution in [0.3, 0.4) is 0 Å². The molecule has 0 bridgehead atoms. The zero-order chi connectivity index (χ0) is 54.1. The van der Waals surface area contributed by atoms with Crippen molar-refractivity contribution in [3.8, 4) is 22.5 Å². The van der Waals surface area contributed by atoms with Gasteiger partial charge in [0.2, 0.25) is 20.0 Å². The van der Waals surface area contributed by atoms with Crippen LogP contribution in [0, 0.1) is 13.8 Å². The van der Waals surface area contributed by atoms with Gasteiger partial charge >= 0.3 is 0 Å². The first-order valence-electron chi connectivity index (χ1n) is 26.1. The monoisotopic (exact) mass is 1120 g/mol. The molecule has 0 saturated carbocycles. The second-order valence-corrected chi connectivity index (χ2v) is 28.0. The number of aryl methyl sites for hydroxylation is 2. The quantitative estimate of drug-likeness (QED) is 0.106. The summed E-state index contributed by atoms with van der Waals surface area (Å²) >= 11 is 15.4. The fourth-order valence-corrected chi connectivity index (χ4v) is 15.8. The van der Waals surface area contributed by atoms with Crippen molar-refractivity contribution < 1.29 is 16.8 Å². The molecule has 0 atom stereocenters. The summed E-state index contributed by atoms with van der Waals surface area (Å²) in [6, 6.07) is 20.4. The largest absolute Gasteiger partial charge is 0.345 e. The van der Waals surface area contributed by atoms with Crippen LogP contribution in [0.1, 0.15) is 163 Å². The molecule has 0 aliphatic carbocycles. The lowest BCUT2D eigenvalue weighted by Gasteiger charge is -2.35. The number of sulfonamides is 2. The van der Waals surface area contributed by atoms with E-state index in [4.69, 9.17) is 33.2 Å². The predicted octanol–water partition coefficient (Wildman–Crippen LogP) is 15.3. The molecular weight excluding hydrogens is 1040 g/mol. The third-order valence-corrected chi connectivity index (χ3v) is 21.0. The summed E-state index contributed by atoms with van der Waals surface area (Å²) in [6.45, 7) is 33.8. The molecule has 74 heavy (non-hydrogen) atoms. The van der Waals surface area contributed by atoms with Gasteiger partial charge in [-0.2, -0.15) is 8.61 Å². The minimum absolute atomic E-state index is 0.109. The molecule has 0 spiro atoms. The maximum atomic E-state index is 14.1. The number of anilines is 2. The number of halogens is 2. The summed E-state index contributed by atoms with van der Waals surface area (Å²) < 4.78 is 59.7. The Morgan fingerprint density at radius 2 is 0.797 bits per heavy atom. The van der Waals surface area contributed by atoms with E-state index in [-0.39, 0.29) is 23.7 Å². The number of hydrogen-bond acceptors (Lipinski definition) is 10. The molecule has 2 aliphatic rings. The molecule has 2 saturated heterocycles. The van der Waals surface area contributed by atoms with Crippen LogP contribution in [0.5, 0.6) is 0 Å². The number of hydrogen-bond donors (Lipinski definition) is 0. The van der Waals surface area contributed by atoms with Gasteiger partial charge in [-0.05, 0) is 112 Å². The van der Waals surface area contributed by atoms with E-state index in [2.05, 4.69) is 155 Å². The van der Waals surface area contributed by atoms with E-state index in [9.17, 15) is 16.8 Å². The Balaban J connectivity index is 0.000000216. The first kappa shape index (κ1) is 57.8. The Labute approximate surface area is 461 Å². The number of nitrogens with zero attached hydrogens (tertiary/aromatic N) is 6. The molecular formula is C58H76Cl2N6O4S4. The summed E-state index contributed by atoms with van der Waals surface area (Å²) in [5.41, 5.74) is 12.5. The van der Waals surface area contributed by atoms with Gasteiger partial charge in [-0.3, -0.25) is 0 Å². The number of benzene rings is 4. The second-order valence-electron chi connectivity index (χ2n) is 21.7. The molecule has 4 heterocycles. The average molecular weight is 1120 g/mol. The summed E-state index contributed by atoms with van der Waals surface area (Å²) in [7, 11) is -7.26. The molecule has 2 fully saturated rings. The molecule has 400 valence electrons. The Kier molecular flexibility index (Phi) is 18.6. The third kappa shape index (κ3) is 12.6. The van der Waals surface area contributed by atoms with E-state index < -0.39 is 20.0 Å². The van der Waals surface area contributed by atoms with Crippen LogP contribution in [0.15, 0.2) is 81.2 Å². The van der Waals surface area contributed by atoms with Crippen molar-refractivity contribution in [3.05, 3.63) is 126 Å². The van der Waals surface area contributed by atoms with Crippen molar-refractivity contribution in [2.24, 2.45) is 0 Å². The summed E-state index contributed by atoms with van der Waals surface area (Å²) in [4.78, 5) is 15.1. The Morgan fingerprint density at radius 3 is 1.12 bits per heavy atom.